The van der Waals surface area contributed by atoms with Gasteiger partial charge in [0.15, 0.2) is 5.96 Å². The lowest BCUT2D eigenvalue weighted by atomic mass is 10.5. The molecule has 0 bridgehead atoms. The second-order valence-electron chi connectivity index (χ2n) is 4.56. The van der Waals surface area contributed by atoms with E-state index in [1.165, 1.54) is 18.5 Å². The van der Waals surface area contributed by atoms with Gasteiger partial charge in [0.2, 0.25) is 10.0 Å². The maximum absolute atomic E-state index is 11.9. The van der Waals surface area contributed by atoms with Gasteiger partial charge in [-0.05, 0) is 12.1 Å². The Labute approximate surface area is 120 Å². The van der Waals surface area contributed by atoms with E-state index in [1.54, 1.807) is 6.07 Å². The first kappa shape index (κ1) is 16.4. The van der Waals surface area contributed by atoms with Crippen LogP contribution in [-0.4, -0.2) is 70.4 Å². The third kappa shape index (κ3) is 4.78. The molecule has 1 N–H and O–H groups in total. The quantitative estimate of drug-likeness (QED) is 0.464. The molecule has 0 aliphatic rings. The zero-order valence-corrected chi connectivity index (χ0v) is 13.1. The highest BCUT2D eigenvalue weighted by molar-refractivity contribution is 7.89. The molecule has 0 aromatic carbocycles. The summed E-state index contributed by atoms with van der Waals surface area (Å²) in [5.74, 6) is 0.783. The van der Waals surface area contributed by atoms with Crippen LogP contribution >= 0.6 is 0 Å². The lowest BCUT2D eigenvalue weighted by molar-refractivity contribution is 0.479. The van der Waals surface area contributed by atoms with Gasteiger partial charge in [-0.15, -0.1) is 0 Å². The van der Waals surface area contributed by atoms with Crippen LogP contribution in [0.25, 0.3) is 0 Å². The van der Waals surface area contributed by atoms with Crippen LogP contribution in [0, 0.1) is 0 Å². The van der Waals surface area contributed by atoms with Crippen LogP contribution in [0.1, 0.15) is 0 Å². The normalized spacial score (nSPS) is 11.0. The van der Waals surface area contributed by atoms with Gasteiger partial charge < -0.3 is 9.80 Å². The summed E-state index contributed by atoms with van der Waals surface area (Å²) >= 11 is 0. The van der Waals surface area contributed by atoms with Crippen molar-refractivity contribution in [1.29, 1.82) is 0 Å². The van der Waals surface area contributed by atoms with Crippen LogP contribution in [0.2, 0.25) is 0 Å². The first-order valence-corrected chi connectivity index (χ1v) is 7.61. The zero-order valence-electron chi connectivity index (χ0n) is 12.2. The Morgan fingerprint density at radius 2 is 1.95 bits per heavy atom. The number of hydrogen-bond donors (Lipinski definition) is 1. The van der Waals surface area contributed by atoms with Crippen LogP contribution in [0.4, 0.5) is 0 Å². The van der Waals surface area contributed by atoms with Gasteiger partial charge in [0.1, 0.15) is 4.90 Å². The summed E-state index contributed by atoms with van der Waals surface area (Å²) < 4.78 is 26.3. The molecule has 1 rings (SSSR count). The van der Waals surface area contributed by atoms with Crippen LogP contribution in [-0.2, 0) is 10.0 Å². The van der Waals surface area contributed by atoms with E-state index in [0.29, 0.717) is 6.54 Å². The maximum atomic E-state index is 11.9. The molecule has 8 heteroatoms. The summed E-state index contributed by atoms with van der Waals surface area (Å²) in [6.07, 6.45) is 2.85. The van der Waals surface area contributed by atoms with Crippen molar-refractivity contribution in [1.82, 2.24) is 19.5 Å². The van der Waals surface area contributed by atoms with Gasteiger partial charge in [-0.1, -0.05) is 0 Å². The van der Waals surface area contributed by atoms with E-state index < -0.39 is 10.0 Å². The monoisotopic (exact) mass is 299 g/mol. The summed E-state index contributed by atoms with van der Waals surface area (Å²) in [4.78, 5) is 12.0. The number of rotatable bonds is 5. The minimum atomic E-state index is -3.51. The molecule has 0 spiro atoms. The molecule has 0 fully saturated rings. The van der Waals surface area contributed by atoms with Crippen LogP contribution in [0.3, 0.4) is 0 Å². The third-order valence-electron chi connectivity index (χ3n) is 2.40. The van der Waals surface area contributed by atoms with Gasteiger partial charge in [0.05, 0.1) is 6.54 Å². The molecule has 0 saturated heterocycles. The van der Waals surface area contributed by atoms with E-state index in [0.717, 1.165) is 5.96 Å². The van der Waals surface area contributed by atoms with Crippen molar-refractivity contribution >= 4 is 16.0 Å². The summed E-state index contributed by atoms with van der Waals surface area (Å²) in [5.41, 5.74) is 0. The average molecular weight is 299 g/mol. The predicted octanol–water partition coefficient (Wildman–Crippen LogP) is -0.161. The Kier molecular flexibility index (Phi) is 5.90. The summed E-state index contributed by atoms with van der Waals surface area (Å²) in [6.45, 7) is 0.605. The Morgan fingerprint density at radius 1 is 1.30 bits per heavy atom. The fourth-order valence-corrected chi connectivity index (χ4v) is 2.59. The Balaban J connectivity index is 2.59. The number of sulfonamides is 1. The van der Waals surface area contributed by atoms with Gasteiger partial charge in [0, 0.05) is 47.1 Å². The van der Waals surface area contributed by atoms with Gasteiger partial charge in [-0.2, -0.15) is 0 Å². The van der Waals surface area contributed by atoms with Crippen molar-refractivity contribution < 1.29 is 8.42 Å². The van der Waals surface area contributed by atoms with Crippen LogP contribution in [0.15, 0.2) is 34.4 Å². The number of hydrogen-bond acceptors (Lipinski definition) is 4. The predicted molar refractivity (Wildman–Crippen MR) is 79.1 cm³/mol. The summed E-state index contributed by atoms with van der Waals surface area (Å²) in [6, 6.07) is 3.09. The van der Waals surface area contributed by atoms with E-state index in [2.05, 4.69) is 14.7 Å². The standard InChI is InChI=1S/C12H21N5O2S/c1-16(2)12(17(3)4)14-8-9-15-20(18,19)11-6-5-7-13-10-11/h5-7,10,15H,8-9H2,1-4H3. The smallest absolute Gasteiger partial charge is 0.242 e. The SMILES string of the molecule is CN(C)C(=NCCNS(=O)(=O)c1cccnc1)N(C)C. The van der Waals surface area contributed by atoms with Crippen molar-refractivity contribution in [3.05, 3.63) is 24.5 Å². The lowest BCUT2D eigenvalue weighted by Gasteiger charge is -2.22. The highest BCUT2D eigenvalue weighted by Gasteiger charge is 2.12. The summed E-state index contributed by atoms with van der Waals surface area (Å²) in [7, 11) is 4.04. The van der Waals surface area contributed by atoms with Crippen LogP contribution < -0.4 is 4.72 Å². The molecule has 0 aliphatic heterocycles. The van der Waals surface area contributed by atoms with Crippen molar-refractivity contribution in [2.45, 2.75) is 4.90 Å². The highest BCUT2D eigenvalue weighted by atomic mass is 32.2. The largest absolute Gasteiger partial charge is 0.349 e. The molecule has 0 radical (unpaired) electrons. The maximum Gasteiger partial charge on any atom is 0.242 e. The first-order chi connectivity index (χ1) is 9.34. The molecular formula is C12H21N5O2S. The number of nitrogens with zero attached hydrogens (tertiary/aromatic N) is 4. The number of aliphatic imine (C=N–C) groups is 1. The lowest BCUT2D eigenvalue weighted by Crippen LogP contribution is -2.36. The van der Waals surface area contributed by atoms with Crippen molar-refractivity contribution in [2.75, 3.05) is 41.3 Å². The second-order valence-corrected chi connectivity index (χ2v) is 6.32. The molecule has 1 aromatic heterocycles. The summed E-state index contributed by atoms with van der Waals surface area (Å²) in [5, 5.41) is 0. The third-order valence-corrected chi connectivity index (χ3v) is 3.85. The number of pyridine rings is 1. The molecule has 1 heterocycles. The van der Waals surface area contributed by atoms with E-state index in [9.17, 15) is 8.42 Å². The molecule has 0 unspecified atom stereocenters. The topological polar surface area (TPSA) is 77.9 Å². The molecule has 0 amide bonds. The van der Waals surface area contributed by atoms with E-state index in [1.807, 2.05) is 38.0 Å². The molecule has 1 aromatic rings. The molecule has 0 atom stereocenters. The fraction of sp³-hybridized carbons (Fsp3) is 0.500. The Morgan fingerprint density at radius 3 is 2.45 bits per heavy atom. The van der Waals surface area contributed by atoms with Gasteiger partial charge in [-0.3, -0.25) is 9.98 Å². The first-order valence-electron chi connectivity index (χ1n) is 6.13. The number of guanidine groups is 1. The molecule has 0 aliphatic carbocycles. The molecule has 112 valence electrons. The molecule has 7 nitrogen and oxygen atoms in total. The van der Waals surface area contributed by atoms with E-state index in [4.69, 9.17) is 0 Å². The minimum absolute atomic E-state index is 0.157. The van der Waals surface area contributed by atoms with E-state index in [-0.39, 0.29) is 11.4 Å². The molecule has 20 heavy (non-hydrogen) atoms. The van der Waals surface area contributed by atoms with Crippen molar-refractivity contribution in [3.63, 3.8) is 0 Å². The Bertz CT molecular complexity index is 530. The van der Waals surface area contributed by atoms with Gasteiger partial charge >= 0.3 is 0 Å². The number of nitrogens with one attached hydrogen (secondary N) is 1. The van der Waals surface area contributed by atoms with E-state index >= 15 is 0 Å². The molecule has 0 saturated carbocycles. The van der Waals surface area contributed by atoms with Crippen molar-refractivity contribution in [3.8, 4) is 0 Å². The van der Waals surface area contributed by atoms with Gasteiger partial charge in [-0.25, -0.2) is 13.1 Å². The molecular weight excluding hydrogens is 278 g/mol. The number of aromatic nitrogens is 1. The minimum Gasteiger partial charge on any atom is -0.349 e. The second kappa shape index (κ2) is 7.20. The Hall–Kier alpha value is -1.67. The van der Waals surface area contributed by atoms with Crippen LogP contribution in [0.5, 0.6) is 0 Å². The fourth-order valence-electron chi connectivity index (χ4n) is 1.61. The zero-order chi connectivity index (χ0) is 15.2. The van der Waals surface area contributed by atoms with Crippen molar-refractivity contribution in [2.24, 2.45) is 4.99 Å². The van der Waals surface area contributed by atoms with Gasteiger partial charge in [0.25, 0.3) is 0 Å². The highest BCUT2D eigenvalue weighted by Crippen LogP contribution is 2.04. The average Bonchev–Trinajstić information content (AvgIpc) is 2.38.